The van der Waals surface area contributed by atoms with Crippen molar-refractivity contribution in [3.63, 3.8) is 0 Å². The molecule has 0 aromatic rings. The van der Waals surface area contributed by atoms with E-state index in [1.165, 1.54) is 6.42 Å². The van der Waals surface area contributed by atoms with Gasteiger partial charge >= 0.3 is 0 Å². The van der Waals surface area contributed by atoms with Crippen LogP contribution in [0.5, 0.6) is 0 Å². The maximum Gasteiger partial charge on any atom is 0.191 e. The Labute approximate surface area is 166 Å². The van der Waals surface area contributed by atoms with Gasteiger partial charge in [0.25, 0.3) is 0 Å². The Kier molecular flexibility index (Phi) is 14.4. The molecule has 0 saturated carbocycles. The monoisotopic (exact) mass is 386 g/mol. The van der Waals surface area contributed by atoms with Gasteiger partial charge < -0.3 is 29.7 Å². The summed E-state index contributed by atoms with van der Waals surface area (Å²) in [5.74, 6) is 0.861. The van der Waals surface area contributed by atoms with E-state index in [1.54, 1.807) is 0 Å². The highest BCUT2D eigenvalue weighted by atomic mass is 16.5. The third-order valence-electron chi connectivity index (χ3n) is 4.56. The summed E-state index contributed by atoms with van der Waals surface area (Å²) in [5, 5.41) is 6.85. The summed E-state index contributed by atoms with van der Waals surface area (Å²) in [7, 11) is 1.82. The second kappa shape index (κ2) is 16.1. The van der Waals surface area contributed by atoms with Gasteiger partial charge in [-0.1, -0.05) is 13.3 Å². The summed E-state index contributed by atoms with van der Waals surface area (Å²) < 4.78 is 16.7. The van der Waals surface area contributed by atoms with E-state index in [-0.39, 0.29) is 0 Å². The van der Waals surface area contributed by atoms with Crippen LogP contribution in [0, 0.1) is 0 Å². The molecule has 1 aliphatic rings. The molecule has 0 unspecified atom stereocenters. The van der Waals surface area contributed by atoms with Crippen LogP contribution in [0.1, 0.15) is 46.5 Å². The fraction of sp³-hybridized carbons (Fsp3) is 0.950. The largest absolute Gasteiger partial charge is 0.379 e. The lowest BCUT2D eigenvalue weighted by Crippen LogP contribution is -2.49. The number of guanidine groups is 1. The zero-order chi connectivity index (χ0) is 19.7. The number of likely N-dealkylation sites (tertiary alicyclic amines) is 1. The minimum Gasteiger partial charge on any atom is -0.379 e. The van der Waals surface area contributed by atoms with E-state index in [4.69, 9.17) is 14.2 Å². The third kappa shape index (κ3) is 13.0. The van der Waals surface area contributed by atoms with Crippen molar-refractivity contribution in [1.82, 2.24) is 15.5 Å². The van der Waals surface area contributed by atoms with Crippen LogP contribution in [0.3, 0.4) is 0 Å². The molecule has 0 spiro atoms. The van der Waals surface area contributed by atoms with E-state index in [0.717, 1.165) is 64.6 Å². The molecule has 0 radical (unpaired) electrons. The van der Waals surface area contributed by atoms with Gasteiger partial charge in [-0.05, 0) is 33.1 Å². The number of rotatable bonds is 14. The summed E-state index contributed by atoms with van der Waals surface area (Å²) in [6.07, 6.45) is 4.87. The smallest absolute Gasteiger partial charge is 0.191 e. The first kappa shape index (κ1) is 24.1. The number of hydrogen-bond donors (Lipinski definition) is 2. The fourth-order valence-electron chi connectivity index (χ4n) is 2.92. The molecule has 2 N–H and O–H groups in total. The molecule has 0 amide bonds. The van der Waals surface area contributed by atoms with Crippen LogP contribution in [-0.2, 0) is 14.2 Å². The molecule has 160 valence electrons. The molecule has 1 rings (SSSR count). The predicted molar refractivity (Wildman–Crippen MR) is 112 cm³/mol. The Balaban J connectivity index is 2.03. The van der Waals surface area contributed by atoms with Crippen molar-refractivity contribution < 1.29 is 14.2 Å². The highest BCUT2D eigenvalue weighted by Gasteiger charge is 2.19. The van der Waals surface area contributed by atoms with Gasteiger partial charge in [-0.2, -0.15) is 0 Å². The topological polar surface area (TPSA) is 67.4 Å². The summed E-state index contributed by atoms with van der Waals surface area (Å²) in [4.78, 5) is 6.80. The van der Waals surface area contributed by atoms with Gasteiger partial charge in [0.1, 0.15) is 0 Å². The van der Waals surface area contributed by atoms with Crippen LogP contribution in [0.4, 0.5) is 0 Å². The fourth-order valence-corrected chi connectivity index (χ4v) is 2.92. The van der Waals surface area contributed by atoms with E-state index < -0.39 is 0 Å². The minimum atomic E-state index is 0.316. The van der Waals surface area contributed by atoms with E-state index in [2.05, 4.69) is 41.3 Å². The Morgan fingerprint density at radius 2 is 1.78 bits per heavy atom. The zero-order valence-corrected chi connectivity index (χ0v) is 18.0. The van der Waals surface area contributed by atoms with E-state index in [0.29, 0.717) is 32.0 Å². The second-order valence-corrected chi connectivity index (χ2v) is 7.26. The van der Waals surface area contributed by atoms with Crippen LogP contribution in [-0.4, -0.2) is 89.3 Å². The van der Waals surface area contributed by atoms with E-state index in [1.807, 2.05) is 7.05 Å². The van der Waals surface area contributed by atoms with Gasteiger partial charge in [0.2, 0.25) is 0 Å². The maximum atomic E-state index is 5.64. The van der Waals surface area contributed by atoms with Crippen molar-refractivity contribution >= 4 is 5.96 Å². The molecule has 7 nitrogen and oxygen atoms in total. The molecule has 1 saturated heterocycles. The lowest BCUT2D eigenvalue weighted by molar-refractivity contribution is 0.0486. The van der Waals surface area contributed by atoms with Crippen molar-refractivity contribution in [2.24, 2.45) is 4.99 Å². The van der Waals surface area contributed by atoms with Crippen molar-refractivity contribution in [3.05, 3.63) is 0 Å². The van der Waals surface area contributed by atoms with Gasteiger partial charge in [0.15, 0.2) is 5.96 Å². The average Bonchev–Trinajstić information content (AvgIpc) is 2.66. The highest BCUT2D eigenvalue weighted by molar-refractivity contribution is 5.79. The van der Waals surface area contributed by atoms with Crippen molar-refractivity contribution in [2.45, 2.75) is 58.6 Å². The van der Waals surface area contributed by atoms with Crippen LogP contribution in [0.2, 0.25) is 0 Å². The molecule has 27 heavy (non-hydrogen) atoms. The Morgan fingerprint density at radius 3 is 2.41 bits per heavy atom. The minimum absolute atomic E-state index is 0.316. The normalized spacial score (nSPS) is 16.9. The number of nitrogens with zero attached hydrogens (tertiary/aromatic N) is 2. The molecule has 0 aliphatic carbocycles. The Hall–Kier alpha value is -0.890. The standard InChI is InChI=1S/C20H42N4O3/c1-5-6-13-25-16-17-26-14-9-22-20(21-4)23-19-7-10-24(11-8-19)12-15-27-18(2)3/h18-19H,5-17H2,1-4H3,(H2,21,22,23). The molecule has 0 bridgehead atoms. The molecule has 0 aromatic carbocycles. The lowest BCUT2D eigenvalue weighted by Gasteiger charge is -2.33. The SMILES string of the molecule is CCCCOCCOCCNC(=NC)NC1CCN(CCOC(C)C)CC1. The lowest BCUT2D eigenvalue weighted by atomic mass is 10.1. The quantitative estimate of drug-likeness (QED) is 0.270. The molecular weight excluding hydrogens is 344 g/mol. The first-order chi connectivity index (χ1) is 13.2. The van der Waals surface area contributed by atoms with Crippen molar-refractivity contribution in [2.75, 3.05) is 66.3 Å². The number of hydrogen-bond acceptors (Lipinski definition) is 5. The van der Waals surface area contributed by atoms with Gasteiger partial charge in [0, 0.05) is 45.9 Å². The van der Waals surface area contributed by atoms with Crippen LogP contribution >= 0.6 is 0 Å². The third-order valence-corrected chi connectivity index (χ3v) is 4.56. The molecule has 0 aromatic heterocycles. The molecule has 1 heterocycles. The zero-order valence-electron chi connectivity index (χ0n) is 18.0. The van der Waals surface area contributed by atoms with E-state index >= 15 is 0 Å². The summed E-state index contributed by atoms with van der Waals surface area (Å²) >= 11 is 0. The number of unbranched alkanes of at least 4 members (excludes halogenated alkanes) is 1. The van der Waals surface area contributed by atoms with E-state index in [9.17, 15) is 0 Å². The predicted octanol–water partition coefficient (Wildman–Crippen LogP) is 1.87. The summed E-state index contributed by atoms with van der Waals surface area (Å²) in [6.45, 7) is 14.0. The van der Waals surface area contributed by atoms with Gasteiger partial charge in [-0.25, -0.2) is 0 Å². The number of ether oxygens (including phenoxy) is 3. The van der Waals surface area contributed by atoms with Crippen LogP contribution in [0.25, 0.3) is 0 Å². The Morgan fingerprint density at radius 1 is 1.07 bits per heavy atom. The first-order valence-electron chi connectivity index (χ1n) is 10.6. The molecule has 0 atom stereocenters. The highest BCUT2D eigenvalue weighted by Crippen LogP contribution is 2.10. The average molecular weight is 387 g/mol. The van der Waals surface area contributed by atoms with Gasteiger partial charge in [-0.15, -0.1) is 0 Å². The van der Waals surface area contributed by atoms with Crippen molar-refractivity contribution in [1.29, 1.82) is 0 Å². The van der Waals surface area contributed by atoms with Crippen LogP contribution in [0.15, 0.2) is 4.99 Å². The summed E-state index contributed by atoms with van der Waals surface area (Å²) in [6, 6.07) is 0.478. The molecule has 1 fully saturated rings. The van der Waals surface area contributed by atoms with Gasteiger partial charge in [0.05, 0.1) is 32.5 Å². The van der Waals surface area contributed by atoms with Gasteiger partial charge in [-0.3, -0.25) is 4.99 Å². The summed E-state index contributed by atoms with van der Waals surface area (Å²) in [5.41, 5.74) is 0. The molecule has 1 aliphatic heterocycles. The second-order valence-electron chi connectivity index (χ2n) is 7.26. The Bertz CT molecular complexity index is 372. The molecular formula is C20H42N4O3. The van der Waals surface area contributed by atoms with Crippen LogP contribution < -0.4 is 10.6 Å². The first-order valence-corrected chi connectivity index (χ1v) is 10.6. The number of aliphatic imine (C=N–C) groups is 1. The number of nitrogens with one attached hydrogen (secondary N) is 2. The molecule has 7 heteroatoms. The number of piperidine rings is 1. The maximum absolute atomic E-state index is 5.64. The van der Waals surface area contributed by atoms with Crippen molar-refractivity contribution in [3.8, 4) is 0 Å².